The molecule has 174 valence electrons. The van der Waals surface area contributed by atoms with Crippen molar-refractivity contribution in [2.24, 2.45) is 0 Å². The number of carbonyl (C=O) groups is 1. The van der Waals surface area contributed by atoms with Crippen molar-refractivity contribution in [1.29, 1.82) is 0 Å². The van der Waals surface area contributed by atoms with Crippen LogP contribution in [0, 0.1) is 6.92 Å². The van der Waals surface area contributed by atoms with E-state index in [1.807, 2.05) is 72.4 Å². The molecular formula is C29H25ClN4O. The summed E-state index contributed by atoms with van der Waals surface area (Å²) in [7, 11) is 0. The van der Waals surface area contributed by atoms with Crippen LogP contribution in [0.25, 0.3) is 27.8 Å². The van der Waals surface area contributed by atoms with Crippen LogP contribution in [0.5, 0.6) is 0 Å². The number of nitrogens with zero attached hydrogens (tertiary/aromatic N) is 3. The Kier molecular flexibility index (Phi) is 6.34. The smallest absolute Gasteiger partial charge is 0.252 e. The summed E-state index contributed by atoms with van der Waals surface area (Å²) in [6.45, 7) is 4.54. The fraction of sp³-hybridized carbons (Fsp3) is 0.138. The van der Waals surface area contributed by atoms with Crippen LogP contribution in [0.15, 0.2) is 85.1 Å². The largest absolute Gasteiger partial charge is 0.348 e. The zero-order chi connectivity index (χ0) is 24.4. The standard InChI is InChI=1S/C29H25ClN4O/c1-3-20-11-13-23(14-12-20)34-19(2)26(18-32-34)28-16-25(24-9-4-5-10-27(24)33-28)29(35)31-17-21-7-6-8-22(30)15-21/h4-16,18H,3,17H2,1-2H3,(H,31,35). The SMILES string of the molecule is CCc1ccc(-n2ncc(-c3cc(C(=O)NCc4cccc(Cl)c4)c4ccccc4n3)c2C)cc1. The van der Waals surface area contributed by atoms with Crippen LogP contribution in [-0.4, -0.2) is 20.7 Å². The molecule has 0 aliphatic carbocycles. The number of aryl methyl sites for hydroxylation is 1. The van der Waals surface area contributed by atoms with Gasteiger partial charge >= 0.3 is 0 Å². The average molecular weight is 481 g/mol. The summed E-state index contributed by atoms with van der Waals surface area (Å²) in [6.07, 6.45) is 2.81. The van der Waals surface area contributed by atoms with Crippen molar-refractivity contribution in [2.75, 3.05) is 0 Å². The number of carbonyl (C=O) groups excluding carboxylic acids is 1. The minimum Gasteiger partial charge on any atom is -0.348 e. The maximum absolute atomic E-state index is 13.3. The molecule has 0 fully saturated rings. The quantitative estimate of drug-likeness (QED) is 0.300. The van der Waals surface area contributed by atoms with Crippen LogP contribution in [0.3, 0.4) is 0 Å². The first-order valence-corrected chi connectivity index (χ1v) is 12.0. The molecule has 35 heavy (non-hydrogen) atoms. The number of hydrogen-bond donors (Lipinski definition) is 1. The van der Waals surface area contributed by atoms with E-state index >= 15 is 0 Å². The van der Waals surface area contributed by atoms with Crippen molar-refractivity contribution in [1.82, 2.24) is 20.1 Å². The summed E-state index contributed by atoms with van der Waals surface area (Å²) >= 11 is 6.09. The molecule has 1 amide bonds. The van der Waals surface area contributed by atoms with Crippen molar-refractivity contribution >= 4 is 28.4 Å². The van der Waals surface area contributed by atoms with E-state index in [-0.39, 0.29) is 5.91 Å². The lowest BCUT2D eigenvalue weighted by Gasteiger charge is -2.11. The Hall–Kier alpha value is -3.96. The number of halogens is 1. The number of rotatable bonds is 6. The molecule has 3 aromatic carbocycles. The first kappa shape index (κ1) is 22.8. The predicted molar refractivity (Wildman–Crippen MR) is 141 cm³/mol. The molecule has 0 spiro atoms. The third-order valence-corrected chi connectivity index (χ3v) is 6.41. The van der Waals surface area contributed by atoms with Gasteiger partial charge in [0.25, 0.3) is 5.91 Å². The molecule has 1 N–H and O–H groups in total. The highest BCUT2D eigenvalue weighted by Crippen LogP contribution is 2.28. The minimum atomic E-state index is -0.162. The summed E-state index contributed by atoms with van der Waals surface area (Å²) in [5.74, 6) is -0.162. The third kappa shape index (κ3) is 4.68. The number of aromatic nitrogens is 3. The lowest BCUT2D eigenvalue weighted by molar-refractivity contribution is 0.0952. The number of hydrogen-bond acceptors (Lipinski definition) is 3. The topological polar surface area (TPSA) is 59.8 Å². The van der Waals surface area contributed by atoms with Crippen LogP contribution in [-0.2, 0) is 13.0 Å². The van der Waals surface area contributed by atoms with E-state index in [9.17, 15) is 4.79 Å². The van der Waals surface area contributed by atoms with Gasteiger partial charge in [-0.25, -0.2) is 9.67 Å². The molecule has 5 nitrogen and oxygen atoms in total. The van der Waals surface area contributed by atoms with E-state index in [4.69, 9.17) is 16.6 Å². The van der Waals surface area contributed by atoms with Crippen LogP contribution < -0.4 is 5.32 Å². The molecular weight excluding hydrogens is 456 g/mol. The van der Waals surface area contributed by atoms with Crippen molar-refractivity contribution in [3.05, 3.63) is 112 Å². The third-order valence-electron chi connectivity index (χ3n) is 6.18. The highest BCUT2D eigenvalue weighted by Gasteiger charge is 2.17. The summed E-state index contributed by atoms with van der Waals surface area (Å²) in [4.78, 5) is 18.1. The van der Waals surface area contributed by atoms with Gasteiger partial charge in [0.2, 0.25) is 0 Å². The van der Waals surface area contributed by atoms with Crippen molar-refractivity contribution < 1.29 is 4.79 Å². The average Bonchev–Trinajstić information content (AvgIpc) is 3.27. The first-order valence-electron chi connectivity index (χ1n) is 11.6. The second kappa shape index (κ2) is 9.72. The summed E-state index contributed by atoms with van der Waals surface area (Å²) in [5, 5.41) is 9.09. The Balaban J connectivity index is 1.51. The molecule has 0 radical (unpaired) electrons. The molecule has 0 atom stereocenters. The van der Waals surface area contributed by atoms with Gasteiger partial charge in [-0.2, -0.15) is 5.10 Å². The molecule has 0 bridgehead atoms. The summed E-state index contributed by atoms with van der Waals surface area (Å²) in [5.41, 5.74) is 7.11. The van der Waals surface area contributed by atoms with E-state index in [1.165, 1.54) is 5.56 Å². The summed E-state index contributed by atoms with van der Waals surface area (Å²) < 4.78 is 1.91. The van der Waals surface area contributed by atoms with Gasteiger partial charge < -0.3 is 5.32 Å². The van der Waals surface area contributed by atoms with Gasteiger partial charge in [0.05, 0.1) is 34.4 Å². The Morgan fingerprint density at radius 2 is 1.77 bits per heavy atom. The molecule has 2 heterocycles. The summed E-state index contributed by atoms with van der Waals surface area (Å²) in [6, 6.07) is 25.4. The van der Waals surface area contributed by atoms with Gasteiger partial charge in [0.1, 0.15) is 0 Å². The first-order chi connectivity index (χ1) is 17.0. The van der Waals surface area contributed by atoms with Gasteiger partial charge in [-0.1, -0.05) is 61.0 Å². The molecule has 0 aliphatic rings. The monoisotopic (exact) mass is 480 g/mol. The number of para-hydroxylation sites is 1. The molecule has 5 rings (SSSR count). The lowest BCUT2D eigenvalue weighted by Crippen LogP contribution is -2.23. The molecule has 0 saturated heterocycles. The molecule has 6 heteroatoms. The molecule has 0 saturated carbocycles. The molecule has 5 aromatic rings. The number of amides is 1. The normalized spacial score (nSPS) is 11.1. The predicted octanol–water partition coefficient (Wildman–Crippen LogP) is 6.54. The van der Waals surface area contributed by atoms with Crippen LogP contribution in [0.4, 0.5) is 0 Å². The second-order valence-corrected chi connectivity index (χ2v) is 8.90. The van der Waals surface area contributed by atoms with Crippen LogP contribution in [0.1, 0.15) is 34.1 Å². The van der Waals surface area contributed by atoms with Gasteiger partial charge in [-0.3, -0.25) is 4.79 Å². The zero-order valence-corrected chi connectivity index (χ0v) is 20.4. The van der Waals surface area contributed by atoms with Gasteiger partial charge in [-0.15, -0.1) is 0 Å². The van der Waals surface area contributed by atoms with E-state index in [1.54, 1.807) is 0 Å². The molecule has 2 aromatic heterocycles. The second-order valence-electron chi connectivity index (χ2n) is 8.46. The molecule has 0 unspecified atom stereocenters. The van der Waals surface area contributed by atoms with Crippen molar-refractivity contribution in [2.45, 2.75) is 26.8 Å². The molecule has 0 aliphatic heterocycles. The van der Waals surface area contributed by atoms with E-state index in [2.05, 4.69) is 41.6 Å². The van der Waals surface area contributed by atoms with Crippen LogP contribution in [0.2, 0.25) is 5.02 Å². The van der Waals surface area contributed by atoms with Crippen molar-refractivity contribution in [3.63, 3.8) is 0 Å². The highest BCUT2D eigenvalue weighted by molar-refractivity contribution is 6.30. The van der Waals surface area contributed by atoms with Crippen molar-refractivity contribution in [3.8, 4) is 16.9 Å². The minimum absolute atomic E-state index is 0.162. The Morgan fingerprint density at radius 3 is 2.54 bits per heavy atom. The van der Waals surface area contributed by atoms with E-state index in [0.29, 0.717) is 22.8 Å². The highest BCUT2D eigenvalue weighted by atomic mass is 35.5. The number of pyridine rings is 1. The maximum Gasteiger partial charge on any atom is 0.252 e. The maximum atomic E-state index is 13.3. The number of benzene rings is 3. The number of nitrogens with one attached hydrogen (secondary N) is 1. The fourth-order valence-electron chi connectivity index (χ4n) is 4.22. The Morgan fingerprint density at radius 1 is 0.971 bits per heavy atom. The van der Waals surface area contributed by atoms with Crippen LogP contribution >= 0.6 is 11.6 Å². The van der Waals surface area contributed by atoms with Gasteiger partial charge in [-0.05, 0) is 60.9 Å². The van der Waals surface area contributed by atoms with E-state index < -0.39 is 0 Å². The lowest BCUT2D eigenvalue weighted by atomic mass is 10.0. The fourth-order valence-corrected chi connectivity index (χ4v) is 4.43. The van der Waals surface area contributed by atoms with E-state index in [0.717, 1.165) is 39.8 Å². The Labute approximate surface area is 209 Å². The zero-order valence-electron chi connectivity index (χ0n) is 19.6. The number of fused-ring (bicyclic) bond motifs is 1. The Bertz CT molecular complexity index is 1520. The van der Waals surface area contributed by atoms with Gasteiger partial charge in [0.15, 0.2) is 0 Å². The van der Waals surface area contributed by atoms with Gasteiger partial charge in [0, 0.05) is 22.5 Å².